The number of carbonyl (C=O) groups excluding carboxylic acids is 1. The third-order valence-electron chi connectivity index (χ3n) is 2.16. The number of nitrogens with zero attached hydrogens (tertiary/aromatic N) is 1. The number of amides is 1. The van der Waals surface area contributed by atoms with Gasteiger partial charge < -0.3 is 4.90 Å². The summed E-state index contributed by atoms with van der Waals surface area (Å²) in [5.74, 6) is -0.301. The van der Waals surface area contributed by atoms with Gasteiger partial charge in [0.1, 0.15) is 5.82 Å². The lowest BCUT2D eigenvalue weighted by atomic mass is 10.3. The van der Waals surface area contributed by atoms with E-state index in [1.807, 2.05) is 0 Å². The smallest absolute Gasteiger partial charge is 0.214 e. The van der Waals surface area contributed by atoms with E-state index in [1.54, 1.807) is 17.0 Å². The van der Waals surface area contributed by atoms with Crippen LogP contribution in [0.4, 0.5) is 10.1 Å². The van der Waals surface area contributed by atoms with Crippen molar-refractivity contribution in [2.24, 2.45) is 0 Å². The fourth-order valence-corrected chi connectivity index (χ4v) is 1.35. The highest BCUT2D eigenvalue weighted by atomic mass is 19.1. The van der Waals surface area contributed by atoms with Gasteiger partial charge in [-0.25, -0.2) is 4.39 Å². The minimum atomic E-state index is -0.301. The number of benzene rings is 1. The van der Waals surface area contributed by atoms with Gasteiger partial charge in [-0.2, -0.15) is 0 Å². The first-order chi connectivity index (χ1) is 6.31. The van der Waals surface area contributed by atoms with Crippen molar-refractivity contribution in [1.82, 2.24) is 0 Å². The van der Waals surface area contributed by atoms with Gasteiger partial charge in [-0.3, -0.25) is 4.79 Å². The summed E-state index contributed by atoms with van der Waals surface area (Å²) in [6.07, 6.45) is 2.82. The molecule has 0 saturated heterocycles. The molecule has 1 aliphatic rings. The SMILES string of the molecule is O=CN(c1cccc(F)c1)C1CC1. The Labute approximate surface area is 76.0 Å². The van der Waals surface area contributed by atoms with Crippen molar-refractivity contribution in [3.63, 3.8) is 0 Å². The molecule has 3 heteroatoms. The molecule has 0 N–H and O–H groups in total. The molecule has 1 aromatic rings. The van der Waals surface area contributed by atoms with Crippen LogP contribution >= 0.6 is 0 Å². The van der Waals surface area contributed by atoms with E-state index in [4.69, 9.17) is 0 Å². The van der Waals surface area contributed by atoms with Crippen LogP contribution in [0.25, 0.3) is 0 Å². The standard InChI is InChI=1S/C10H10FNO/c11-8-2-1-3-10(6-8)12(7-13)9-4-5-9/h1-3,6-7,9H,4-5H2. The van der Waals surface area contributed by atoms with Crippen LogP contribution < -0.4 is 4.90 Å². The third kappa shape index (κ3) is 1.69. The first kappa shape index (κ1) is 8.23. The topological polar surface area (TPSA) is 20.3 Å². The molecule has 2 nitrogen and oxygen atoms in total. The average Bonchev–Trinajstić information content (AvgIpc) is 2.90. The minimum Gasteiger partial charge on any atom is -0.312 e. The molecule has 0 heterocycles. The highest BCUT2D eigenvalue weighted by Gasteiger charge is 2.29. The van der Waals surface area contributed by atoms with Gasteiger partial charge in [-0.15, -0.1) is 0 Å². The first-order valence-electron chi connectivity index (χ1n) is 4.30. The van der Waals surface area contributed by atoms with E-state index in [1.165, 1.54) is 12.1 Å². The summed E-state index contributed by atoms with van der Waals surface area (Å²) in [7, 11) is 0. The lowest BCUT2D eigenvalue weighted by molar-refractivity contribution is -0.107. The van der Waals surface area contributed by atoms with Gasteiger partial charge in [0.25, 0.3) is 0 Å². The average molecular weight is 179 g/mol. The molecule has 0 aliphatic heterocycles. The summed E-state index contributed by atoms with van der Waals surface area (Å²) in [4.78, 5) is 12.3. The Morgan fingerprint density at radius 2 is 2.23 bits per heavy atom. The molecule has 0 unspecified atom stereocenters. The molecule has 0 aromatic heterocycles. The third-order valence-corrected chi connectivity index (χ3v) is 2.16. The van der Waals surface area contributed by atoms with E-state index in [0.717, 1.165) is 19.3 Å². The maximum absolute atomic E-state index is 12.8. The highest BCUT2D eigenvalue weighted by Crippen LogP contribution is 2.30. The van der Waals surface area contributed by atoms with E-state index in [2.05, 4.69) is 0 Å². The number of anilines is 1. The summed E-state index contributed by atoms with van der Waals surface area (Å²) in [6, 6.07) is 6.41. The fourth-order valence-electron chi connectivity index (χ4n) is 1.35. The van der Waals surface area contributed by atoms with Crippen LogP contribution in [0.3, 0.4) is 0 Å². The number of hydrogen-bond acceptors (Lipinski definition) is 1. The van der Waals surface area contributed by atoms with Crippen LogP contribution in [0.15, 0.2) is 24.3 Å². The van der Waals surface area contributed by atoms with Crippen molar-refractivity contribution in [1.29, 1.82) is 0 Å². The maximum atomic E-state index is 12.8. The van der Waals surface area contributed by atoms with Crippen LogP contribution in [0, 0.1) is 5.82 Å². The van der Waals surface area contributed by atoms with E-state index in [9.17, 15) is 9.18 Å². The summed E-state index contributed by atoms with van der Waals surface area (Å²) in [5, 5.41) is 0. The lowest BCUT2D eigenvalue weighted by Crippen LogP contribution is -2.23. The molecule has 68 valence electrons. The Morgan fingerprint density at radius 3 is 2.77 bits per heavy atom. The second-order valence-electron chi connectivity index (χ2n) is 3.22. The molecular weight excluding hydrogens is 169 g/mol. The van der Waals surface area contributed by atoms with Crippen LogP contribution in [0.5, 0.6) is 0 Å². The lowest BCUT2D eigenvalue weighted by Gasteiger charge is -2.15. The number of hydrogen-bond donors (Lipinski definition) is 0. The van der Waals surface area contributed by atoms with Crippen molar-refractivity contribution in [2.75, 3.05) is 4.90 Å². The summed E-state index contributed by atoms with van der Waals surface area (Å²) in [5.41, 5.74) is 0.650. The zero-order valence-corrected chi connectivity index (χ0v) is 7.11. The van der Waals surface area contributed by atoms with Crippen LogP contribution in [0.1, 0.15) is 12.8 Å². The van der Waals surface area contributed by atoms with Gasteiger partial charge in [0.2, 0.25) is 6.41 Å². The Kier molecular flexibility index (Phi) is 2.00. The Hall–Kier alpha value is -1.38. The van der Waals surface area contributed by atoms with Crippen LogP contribution in [0.2, 0.25) is 0 Å². The first-order valence-corrected chi connectivity index (χ1v) is 4.30. The van der Waals surface area contributed by atoms with Gasteiger partial charge in [0.05, 0.1) is 0 Å². The second-order valence-corrected chi connectivity index (χ2v) is 3.22. The van der Waals surface area contributed by atoms with Crippen molar-refractivity contribution < 1.29 is 9.18 Å². The number of halogens is 1. The van der Waals surface area contributed by atoms with Gasteiger partial charge in [-0.1, -0.05) is 6.07 Å². The quantitative estimate of drug-likeness (QED) is 0.649. The normalized spacial score (nSPS) is 15.5. The summed E-state index contributed by atoms with van der Waals surface area (Å²) >= 11 is 0. The molecule has 1 amide bonds. The van der Waals surface area contributed by atoms with E-state index < -0.39 is 0 Å². The Balaban J connectivity index is 2.26. The van der Waals surface area contributed by atoms with Gasteiger partial charge in [-0.05, 0) is 31.0 Å². The Bertz CT molecular complexity index is 322. The molecule has 13 heavy (non-hydrogen) atoms. The maximum Gasteiger partial charge on any atom is 0.214 e. The molecular formula is C10H10FNO. The molecule has 1 aliphatic carbocycles. The van der Waals surface area contributed by atoms with Crippen molar-refractivity contribution in [3.05, 3.63) is 30.1 Å². The largest absolute Gasteiger partial charge is 0.312 e. The predicted octanol–water partition coefficient (Wildman–Crippen LogP) is 1.95. The van der Waals surface area contributed by atoms with Gasteiger partial charge in [0.15, 0.2) is 0 Å². The minimum absolute atomic E-state index is 0.291. The van der Waals surface area contributed by atoms with Crippen molar-refractivity contribution >= 4 is 12.1 Å². The van der Waals surface area contributed by atoms with Crippen molar-refractivity contribution in [3.8, 4) is 0 Å². The van der Waals surface area contributed by atoms with E-state index >= 15 is 0 Å². The summed E-state index contributed by atoms with van der Waals surface area (Å²) in [6.45, 7) is 0. The predicted molar refractivity (Wildman–Crippen MR) is 48.0 cm³/mol. The molecule has 0 bridgehead atoms. The van der Waals surface area contributed by atoms with Crippen LogP contribution in [-0.2, 0) is 4.79 Å². The molecule has 2 rings (SSSR count). The van der Waals surface area contributed by atoms with Gasteiger partial charge in [0, 0.05) is 11.7 Å². The second kappa shape index (κ2) is 3.17. The molecule has 1 fully saturated rings. The number of rotatable bonds is 3. The highest BCUT2D eigenvalue weighted by molar-refractivity contribution is 5.76. The molecule has 0 spiro atoms. The zero-order chi connectivity index (χ0) is 9.26. The zero-order valence-electron chi connectivity index (χ0n) is 7.11. The molecule has 1 aromatic carbocycles. The van der Waals surface area contributed by atoms with E-state index in [-0.39, 0.29) is 5.82 Å². The Morgan fingerprint density at radius 1 is 1.46 bits per heavy atom. The van der Waals surface area contributed by atoms with Crippen molar-refractivity contribution in [2.45, 2.75) is 18.9 Å². The fraction of sp³-hybridized carbons (Fsp3) is 0.300. The van der Waals surface area contributed by atoms with E-state index in [0.29, 0.717) is 11.7 Å². The van der Waals surface area contributed by atoms with Gasteiger partial charge >= 0.3 is 0 Å². The monoisotopic (exact) mass is 179 g/mol. The molecule has 1 saturated carbocycles. The number of carbonyl (C=O) groups is 1. The van der Waals surface area contributed by atoms with Crippen LogP contribution in [-0.4, -0.2) is 12.5 Å². The molecule has 0 radical (unpaired) electrons. The molecule has 0 atom stereocenters. The summed E-state index contributed by atoms with van der Waals surface area (Å²) < 4.78 is 12.8.